The highest BCUT2D eigenvalue weighted by Crippen LogP contribution is 2.32. The van der Waals surface area contributed by atoms with Crippen molar-refractivity contribution >= 4 is 0 Å². The lowest BCUT2D eigenvalue weighted by Crippen LogP contribution is -2.52. The van der Waals surface area contributed by atoms with Crippen LogP contribution in [0, 0.1) is 0 Å². The molecule has 3 atom stereocenters. The Morgan fingerprint density at radius 3 is 3.19 bits per heavy atom. The lowest BCUT2D eigenvalue weighted by Gasteiger charge is -2.38. The molecule has 5 nitrogen and oxygen atoms in total. The van der Waals surface area contributed by atoms with Crippen LogP contribution in [0.15, 0.2) is 24.5 Å². The van der Waals surface area contributed by atoms with Crippen molar-refractivity contribution in [3.63, 3.8) is 0 Å². The van der Waals surface area contributed by atoms with Gasteiger partial charge in [0.05, 0.1) is 32.0 Å². The first-order valence-electron chi connectivity index (χ1n) is 7.73. The maximum absolute atomic E-state index is 6.09. The van der Waals surface area contributed by atoms with Gasteiger partial charge in [0.2, 0.25) is 0 Å². The Balaban J connectivity index is 1.54. The van der Waals surface area contributed by atoms with Crippen LogP contribution in [0.25, 0.3) is 0 Å². The van der Waals surface area contributed by atoms with Crippen LogP contribution in [-0.4, -0.2) is 61.5 Å². The number of hydrogen-bond acceptors (Lipinski definition) is 5. The molecule has 2 fully saturated rings. The molecule has 0 spiro atoms. The summed E-state index contributed by atoms with van der Waals surface area (Å²) in [4.78, 5) is 6.61. The molecule has 1 aliphatic heterocycles. The van der Waals surface area contributed by atoms with Crippen molar-refractivity contribution in [3.8, 4) is 0 Å². The van der Waals surface area contributed by atoms with Gasteiger partial charge in [0.1, 0.15) is 0 Å². The number of rotatable bonds is 6. The smallest absolute Gasteiger partial charge is 0.0992 e. The molecule has 0 radical (unpaired) electrons. The average molecular weight is 292 g/mol. The molecule has 5 heteroatoms. The van der Waals surface area contributed by atoms with Gasteiger partial charge in [-0.25, -0.2) is 0 Å². The molecule has 1 aromatic rings. The van der Waals surface area contributed by atoms with E-state index in [1.165, 1.54) is 0 Å². The van der Waals surface area contributed by atoms with E-state index in [-0.39, 0.29) is 12.2 Å². The third-order valence-corrected chi connectivity index (χ3v) is 4.42. The molecule has 0 N–H and O–H groups in total. The highest BCUT2D eigenvalue weighted by Gasteiger charge is 2.43. The summed E-state index contributed by atoms with van der Waals surface area (Å²) in [6.45, 7) is 4.17. The average Bonchev–Trinajstić information content (AvgIpc) is 2.96. The lowest BCUT2D eigenvalue weighted by molar-refractivity contribution is -0.118. The van der Waals surface area contributed by atoms with Crippen molar-refractivity contribution in [2.75, 3.05) is 33.4 Å². The molecule has 2 heterocycles. The molecule has 0 bridgehead atoms. The van der Waals surface area contributed by atoms with Gasteiger partial charge < -0.3 is 14.2 Å². The molecule has 1 saturated heterocycles. The minimum atomic E-state index is 0.195. The van der Waals surface area contributed by atoms with Crippen molar-refractivity contribution in [2.45, 2.75) is 37.7 Å². The second kappa shape index (κ2) is 7.31. The number of fused-ring (bicyclic) bond motifs is 1. The van der Waals surface area contributed by atoms with Crippen LogP contribution in [0.4, 0.5) is 0 Å². The second-order valence-corrected chi connectivity index (χ2v) is 5.72. The van der Waals surface area contributed by atoms with E-state index in [9.17, 15) is 0 Å². The summed E-state index contributed by atoms with van der Waals surface area (Å²) in [5, 5.41) is 0. The third-order valence-electron chi connectivity index (χ3n) is 4.42. The summed E-state index contributed by atoms with van der Waals surface area (Å²) in [6, 6.07) is 4.47. The molecular formula is C16H24N2O3. The minimum absolute atomic E-state index is 0.195. The molecule has 116 valence electrons. The van der Waals surface area contributed by atoms with E-state index in [1.54, 1.807) is 13.3 Å². The van der Waals surface area contributed by atoms with Crippen molar-refractivity contribution in [1.29, 1.82) is 0 Å². The zero-order valence-corrected chi connectivity index (χ0v) is 12.6. The SMILES string of the molecule is COCCN1CCO[C@H]2[C@@H](OCc3cccnc3)CC[C@@H]21. The summed E-state index contributed by atoms with van der Waals surface area (Å²) < 4.78 is 17.3. The normalized spacial score (nSPS) is 29.5. The Bertz CT molecular complexity index is 429. The van der Waals surface area contributed by atoms with Crippen LogP contribution in [0.3, 0.4) is 0 Å². The quantitative estimate of drug-likeness (QED) is 0.794. The standard InChI is InChI=1S/C16H24N2O3/c1-19-9-7-18-8-10-20-16-14(18)4-5-15(16)21-12-13-3-2-6-17-11-13/h2-3,6,11,14-16H,4-5,7-10,12H2,1H3/t14-,15-,16+/m0/s1. The number of hydrogen-bond donors (Lipinski definition) is 0. The fraction of sp³-hybridized carbons (Fsp3) is 0.688. The fourth-order valence-electron chi connectivity index (χ4n) is 3.34. The number of ether oxygens (including phenoxy) is 3. The van der Waals surface area contributed by atoms with Gasteiger partial charge in [-0.05, 0) is 24.5 Å². The third kappa shape index (κ3) is 3.61. The van der Waals surface area contributed by atoms with Gasteiger partial charge in [0.15, 0.2) is 0 Å². The molecule has 21 heavy (non-hydrogen) atoms. The number of aromatic nitrogens is 1. The van der Waals surface area contributed by atoms with Crippen molar-refractivity contribution in [3.05, 3.63) is 30.1 Å². The van der Waals surface area contributed by atoms with E-state index in [1.807, 2.05) is 18.3 Å². The van der Waals surface area contributed by atoms with Crippen molar-refractivity contribution in [1.82, 2.24) is 9.88 Å². The van der Waals surface area contributed by atoms with Gasteiger partial charge in [-0.15, -0.1) is 0 Å². The molecule has 1 aromatic heterocycles. The van der Waals surface area contributed by atoms with Crippen molar-refractivity contribution in [2.24, 2.45) is 0 Å². The molecular weight excluding hydrogens is 268 g/mol. The maximum atomic E-state index is 6.09. The van der Waals surface area contributed by atoms with E-state index in [2.05, 4.69) is 9.88 Å². The van der Waals surface area contributed by atoms with E-state index in [0.717, 1.165) is 44.7 Å². The second-order valence-electron chi connectivity index (χ2n) is 5.72. The summed E-state index contributed by atoms with van der Waals surface area (Å²) >= 11 is 0. The highest BCUT2D eigenvalue weighted by molar-refractivity contribution is 5.07. The first kappa shape index (κ1) is 14.9. The van der Waals surface area contributed by atoms with E-state index in [4.69, 9.17) is 14.2 Å². The van der Waals surface area contributed by atoms with Gasteiger partial charge in [-0.1, -0.05) is 6.07 Å². The van der Waals surface area contributed by atoms with Gasteiger partial charge in [-0.2, -0.15) is 0 Å². The summed E-state index contributed by atoms with van der Waals surface area (Å²) in [5.41, 5.74) is 1.12. The number of pyridine rings is 1. The van der Waals surface area contributed by atoms with E-state index >= 15 is 0 Å². The maximum Gasteiger partial charge on any atom is 0.0992 e. The van der Waals surface area contributed by atoms with Crippen LogP contribution in [0.5, 0.6) is 0 Å². The van der Waals surface area contributed by atoms with Crippen LogP contribution < -0.4 is 0 Å². The Hall–Kier alpha value is -1.01. The first-order chi connectivity index (χ1) is 10.4. The number of morpholine rings is 1. The first-order valence-corrected chi connectivity index (χ1v) is 7.73. The molecule has 0 unspecified atom stereocenters. The number of nitrogens with zero attached hydrogens (tertiary/aromatic N) is 2. The molecule has 1 saturated carbocycles. The van der Waals surface area contributed by atoms with Crippen LogP contribution in [-0.2, 0) is 20.8 Å². The minimum Gasteiger partial charge on any atom is -0.383 e. The highest BCUT2D eigenvalue weighted by atomic mass is 16.5. The molecule has 3 rings (SSSR count). The Morgan fingerprint density at radius 2 is 2.38 bits per heavy atom. The lowest BCUT2D eigenvalue weighted by atomic mass is 10.1. The zero-order valence-electron chi connectivity index (χ0n) is 12.6. The zero-order chi connectivity index (χ0) is 14.5. The topological polar surface area (TPSA) is 43.8 Å². The largest absolute Gasteiger partial charge is 0.383 e. The van der Waals surface area contributed by atoms with Crippen LogP contribution >= 0.6 is 0 Å². The summed E-state index contributed by atoms with van der Waals surface area (Å²) in [6.07, 6.45) is 6.25. The van der Waals surface area contributed by atoms with Gasteiger partial charge in [-0.3, -0.25) is 9.88 Å². The van der Waals surface area contributed by atoms with Gasteiger partial charge in [0, 0.05) is 38.6 Å². The number of methoxy groups -OCH3 is 1. The van der Waals surface area contributed by atoms with Gasteiger partial charge >= 0.3 is 0 Å². The molecule has 1 aliphatic carbocycles. The van der Waals surface area contributed by atoms with E-state index in [0.29, 0.717) is 12.6 Å². The van der Waals surface area contributed by atoms with Crippen molar-refractivity contribution < 1.29 is 14.2 Å². The Morgan fingerprint density at radius 1 is 1.43 bits per heavy atom. The van der Waals surface area contributed by atoms with Crippen LogP contribution in [0.1, 0.15) is 18.4 Å². The predicted octanol–water partition coefficient (Wildman–Crippen LogP) is 1.48. The molecule has 0 amide bonds. The molecule has 2 aliphatic rings. The fourth-order valence-corrected chi connectivity index (χ4v) is 3.34. The van der Waals surface area contributed by atoms with Gasteiger partial charge in [0.25, 0.3) is 0 Å². The molecule has 0 aromatic carbocycles. The Labute approximate surface area is 126 Å². The van der Waals surface area contributed by atoms with Crippen LogP contribution in [0.2, 0.25) is 0 Å². The van der Waals surface area contributed by atoms with E-state index < -0.39 is 0 Å². The Kier molecular flexibility index (Phi) is 5.19. The summed E-state index contributed by atoms with van der Waals surface area (Å²) in [5.74, 6) is 0. The monoisotopic (exact) mass is 292 g/mol. The summed E-state index contributed by atoms with van der Waals surface area (Å²) in [7, 11) is 1.76. The predicted molar refractivity (Wildman–Crippen MR) is 79.0 cm³/mol.